The Morgan fingerprint density at radius 3 is 2.79 bits per heavy atom. The van der Waals surface area contributed by atoms with Crippen molar-refractivity contribution in [3.63, 3.8) is 0 Å². The van der Waals surface area contributed by atoms with E-state index in [1.165, 1.54) is 6.07 Å². The van der Waals surface area contributed by atoms with Gasteiger partial charge in [0.05, 0.1) is 5.56 Å². The molecule has 0 spiro atoms. The minimum Gasteiger partial charge on any atom is -0.507 e. The second-order valence-electron chi connectivity index (χ2n) is 4.85. The summed E-state index contributed by atoms with van der Waals surface area (Å²) in [4.78, 5) is 13.9. The molecule has 106 valence electrons. The van der Waals surface area contributed by atoms with Gasteiger partial charge in [-0.05, 0) is 52.1 Å². The molecule has 0 fully saturated rings. The second kappa shape index (κ2) is 7.09. The van der Waals surface area contributed by atoms with Crippen molar-refractivity contribution in [1.29, 1.82) is 0 Å². The summed E-state index contributed by atoms with van der Waals surface area (Å²) < 4.78 is 13.0. The van der Waals surface area contributed by atoms with E-state index in [0.29, 0.717) is 12.6 Å². The summed E-state index contributed by atoms with van der Waals surface area (Å²) in [6.07, 6.45) is 0.802. The molecule has 0 aliphatic carbocycles. The van der Waals surface area contributed by atoms with Crippen LogP contribution in [0.15, 0.2) is 18.2 Å². The first-order chi connectivity index (χ1) is 8.91. The van der Waals surface area contributed by atoms with Crippen molar-refractivity contribution < 1.29 is 14.3 Å². The lowest BCUT2D eigenvalue weighted by Crippen LogP contribution is -2.31. The van der Waals surface area contributed by atoms with Gasteiger partial charge in [0, 0.05) is 12.6 Å². The summed E-state index contributed by atoms with van der Waals surface area (Å²) in [7, 11) is 2.02. The highest BCUT2D eigenvalue weighted by Crippen LogP contribution is 2.17. The molecule has 0 unspecified atom stereocenters. The Balaban J connectivity index is 2.41. The number of carbonyl (C=O) groups excluding carboxylic acids is 1. The maximum atomic E-state index is 13.0. The molecular weight excluding hydrogens is 247 g/mol. The van der Waals surface area contributed by atoms with Crippen LogP contribution >= 0.6 is 0 Å². The Bertz CT molecular complexity index is 435. The fourth-order valence-corrected chi connectivity index (χ4v) is 1.57. The van der Waals surface area contributed by atoms with Gasteiger partial charge >= 0.3 is 0 Å². The molecule has 0 aliphatic heterocycles. The van der Waals surface area contributed by atoms with Crippen LogP contribution in [0.1, 0.15) is 30.6 Å². The van der Waals surface area contributed by atoms with E-state index in [1.54, 1.807) is 0 Å². The van der Waals surface area contributed by atoms with E-state index in [-0.39, 0.29) is 11.3 Å². The summed E-state index contributed by atoms with van der Waals surface area (Å²) >= 11 is 0. The number of hydrogen-bond acceptors (Lipinski definition) is 3. The number of halogens is 1. The summed E-state index contributed by atoms with van der Waals surface area (Å²) in [6, 6.07) is 3.79. The number of hydrogen-bond donors (Lipinski definition) is 2. The summed E-state index contributed by atoms with van der Waals surface area (Å²) in [6.45, 7) is 5.56. The topological polar surface area (TPSA) is 52.6 Å². The fourth-order valence-electron chi connectivity index (χ4n) is 1.57. The zero-order chi connectivity index (χ0) is 14.4. The number of nitrogens with one attached hydrogen (secondary N) is 1. The van der Waals surface area contributed by atoms with Crippen molar-refractivity contribution in [2.45, 2.75) is 26.3 Å². The first-order valence-corrected chi connectivity index (χ1v) is 6.38. The molecule has 0 bridgehead atoms. The van der Waals surface area contributed by atoms with Crippen LogP contribution in [0.4, 0.5) is 4.39 Å². The number of phenolic OH excluding ortho intramolecular Hbond substituents is 1. The molecular formula is C14H21FN2O2. The van der Waals surface area contributed by atoms with E-state index in [9.17, 15) is 14.3 Å². The molecule has 0 heterocycles. The van der Waals surface area contributed by atoms with Crippen LogP contribution in [0.3, 0.4) is 0 Å². The molecule has 0 aromatic heterocycles. The lowest BCUT2D eigenvalue weighted by Gasteiger charge is -2.20. The number of aromatic hydroxyl groups is 1. The van der Waals surface area contributed by atoms with Crippen molar-refractivity contribution in [2.75, 3.05) is 20.1 Å². The molecule has 2 N–H and O–H groups in total. The Hall–Kier alpha value is -1.62. The van der Waals surface area contributed by atoms with Gasteiger partial charge < -0.3 is 15.3 Å². The van der Waals surface area contributed by atoms with Gasteiger partial charge in [-0.25, -0.2) is 4.39 Å². The Morgan fingerprint density at radius 1 is 1.47 bits per heavy atom. The first kappa shape index (κ1) is 15.4. The standard InChI is InChI=1S/C14H21FN2O2/c1-10(2)17(3)8-4-7-16-14(19)12-9-11(15)5-6-13(12)18/h5-6,9-10,18H,4,7-8H2,1-3H3,(H,16,19). The molecule has 0 atom stereocenters. The first-order valence-electron chi connectivity index (χ1n) is 6.38. The molecule has 1 aromatic rings. The highest BCUT2D eigenvalue weighted by atomic mass is 19.1. The van der Waals surface area contributed by atoms with Crippen molar-refractivity contribution >= 4 is 5.91 Å². The van der Waals surface area contributed by atoms with E-state index in [4.69, 9.17) is 0 Å². The number of benzene rings is 1. The third kappa shape index (κ3) is 4.87. The predicted molar refractivity (Wildman–Crippen MR) is 72.8 cm³/mol. The smallest absolute Gasteiger partial charge is 0.255 e. The summed E-state index contributed by atoms with van der Waals surface area (Å²) in [5.41, 5.74) is -0.0304. The third-order valence-corrected chi connectivity index (χ3v) is 3.06. The lowest BCUT2D eigenvalue weighted by atomic mass is 10.2. The molecule has 1 aromatic carbocycles. The quantitative estimate of drug-likeness (QED) is 0.776. The van der Waals surface area contributed by atoms with Gasteiger partial charge in [0.15, 0.2) is 0 Å². The van der Waals surface area contributed by atoms with Crippen molar-refractivity contribution in [2.24, 2.45) is 0 Å². The molecule has 19 heavy (non-hydrogen) atoms. The molecule has 0 saturated carbocycles. The number of nitrogens with zero attached hydrogens (tertiary/aromatic N) is 1. The predicted octanol–water partition coefficient (Wildman–Crippen LogP) is 1.99. The van der Waals surface area contributed by atoms with Gasteiger partial charge in [0.1, 0.15) is 11.6 Å². The molecule has 1 amide bonds. The molecule has 5 heteroatoms. The van der Waals surface area contributed by atoms with E-state index in [2.05, 4.69) is 24.1 Å². The normalized spacial score (nSPS) is 11.1. The molecule has 0 saturated heterocycles. The van der Waals surface area contributed by atoms with Crippen LogP contribution in [0.5, 0.6) is 5.75 Å². The van der Waals surface area contributed by atoms with Gasteiger partial charge in [-0.3, -0.25) is 4.79 Å². The van der Waals surface area contributed by atoms with Crippen molar-refractivity contribution in [3.05, 3.63) is 29.6 Å². The van der Waals surface area contributed by atoms with E-state index >= 15 is 0 Å². The lowest BCUT2D eigenvalue weighted by molar-refractivity contribution is 0.0948. The summed E-state index contributed by atoms with van der Waals surface area (Å²) in [5, 5.41) is 12.2. The highest BCUT2D eigenvalue weighted by molar-refractivity contribution is 5.96. The maximum Gasteiger partial charge on any atom is 0.255 e. The molecule has 4 nitrogen and oxygen atoms in total. The molecule has 0 radical (unpaired) electrons. The maximum absolute atomic E-state index is 13.0. The average Bonchev–Trinajstić information content (AvgIpc) is 2.36. The van der Waals surface area contributed by atoms with E-state index in [1.807, 2.05) is 7.05 Å². The molecule has 0 aliphatic rings. The number of phenols is 1. The van der Waals surface area contributed by atoms with Gasteiger partial charge in [-0.15, -0.1) is 0 Å². The zero-order valence-electron chi connectivity index (χ0n) is 11.6. The zero-order valence-corrected chi connectivity index (χ0v) is 11.6. The fraction of sp³-hybridized carbons (Fsp3) is 0.500. The van der Waals surface area contributed by atoms with Crippen molar-refractivity contribution in [1.82, 2.24) is 10.2 Å². The minimum absolute atomic E-state index is 0.0304. The number of amides is 1. The monoisotopic (exact) mass is 268 g/mol. The van der Waals surface area contributed by atoms with Gasteiger partial charge in [0.25, 0.3) is 5.91 Å². The van der Waals surface area contributed by atoms with Crippen LogP contribution in [0, 0.1) is 5.82 Å². The van der Waals surface area contributed by atoms with Gasteiger partial charge in [-0.1, -0.05) is 0 Å². The highest BCUT2D eigenvalue weighted by Gasteiger charge is 2.11. The van der Waals surface area contributed by atoms with Crippen molar-refractivity contribution in [3.8, 4) is 5.75 Å². The Labute approximate surface area is 113 Å². The van der Waals surface area contributed by atoms with Gasteiger partial charge in [-0.2, -0.15) is 0 Å². The Morgan fingerprint density at radius 2 is 2.16 bits per heavy atom. The second-order valence-corrected chi connectivity index (χ2v) is 4.85. The van der Waals surface area contributed by atoms with Gasteiger partial charge in [0.2, 0.25) is 0 Å². The van der Waals surface area contributed by atoms with Crippen LogP contribution in [-0.4, -0.2) is 42.1 Å². The third-order valence-electron chi connectivity index (χ3n) is 3.06. The minimum atomic E-state index is -0.539. The van der Waals surface area contributed by atoms with Crippen LogP contribution in [0.25, 0.3) is 0 Å². The summed E-state index contributed by atoms with van der Waals surface area (Å²) in [5.74, 6) is -1.20. The van der Waals surface area contributed by atoms with E-state index < -0.39 is 11.7 Å². The van der Waals surface area contributed by atoms with Crippen LogP contribution < -0.4 is 5.32 Å². The SMILES string of the molecule is CC(C)N(C)CCCNC(=O)c1cc(F)ccc1O. The van der Waals surface area contributed by atoms with Crippen LogP contribution in [-0.2, 0) is 0 Å². The number of carbonyl (C=O) groups is 1. The van der Waals surface area contributed by atoms with Crippen LogP contribution in [0.2, 0.25) is 0 Å². The average molecular weight is 268 g/mol. The Kier molecular flexibility index (Phi) is 5.76. The number of rotatable bonds is 6. The van der Waals surface area contributed by atoms with E-state index in [0.717, 1.165) is 25.1 Å². The molecule has 1 rings (SSSR count). The largest absolute Gasteiger partial charge is 0.507 e.